The largest absolute Gasteiger partial charge is 0.451 e. The second-order valence-corrected chi connectivity index (χ2v) is 4.96. The van der Waals surface area contributed by atoms with Gasteiger partial charge in [0, 0.05) is 11.0 Å². The number of hydrogen-bond donors (Lipinski definition) is 1. The first-order chi connectivity index (χ1) is 8.84. The van der Waals surface area contributed by atoms with E-state index in [1.807, 2.05) is 25.1 Å². The second-order valence-electron chi connectivity index (χ2n) is 3.87. The van der Waals surface area contributed by atoms with Gasteiger partial charge in [0.25, 0.3) is 0 Å². The van der Waals surface area contributed by atoms with E-state index in [0.29, 0.717) is 0 Å². The minimum atomic E-state index is -4.60. The first-order valence-electron chi connectivity index (χ1n) is 5.31. The number of benzene rings is 1. The number of nitrogens with two attached hydrogens (primary N) is 1. The van der Waals surface area contributed by atoms with Gasteiger partial charge < -0.3 is 5.73 Å². The number of rotatable bonds is 2. The van der Waals surface area contributed by atoms with Gasteiger partial charge in [-0.05, 0) is 19.1 Å². The molecule has 2 aromatic rings. The zero-order chi connectivity index (χ0) is 14.0. The molecule has 0 radical (unpaired) electrons. The Morgan fingerprint density at radius 1 is 1.16 bits per heavy atom. The summed E-state index contributed by atoms with van der Waals surface area (Å²) in [4.78, 5) is 7.47. The molecule has 0 amide bonds. The van der Waals surface area contributed by atoms with Gasteiger partial charge in [0.05, 0.1) is 0 Å². The van der Waals surface area contributed by atoms with E-state index >= 15 is 0 Å². The van der Waals surface area contributed by atoms with Crippen LogP contribution in [0.4, 0.5) is 19.0 Å². The molecule has 0 aliphatic heterocycles. The van der Waals surface area contributed by atoms with E-state index in [1.165, 1.54) is 6.07 Å². The predicted molar refractivity (Wildman–Crippen MR) is 66.7 cm³/mol. The maximum absolute atomic E-state index is 12.6. The number of nitrogens with zero attached hydrogens (tertiary/aromatic N) is 2. The molecule has 1 aromatic heterocycles. The first kappa shape index (κ1) is 13.7. The van der Waals surface area contributed by atoms with Crippen molar-refractivity contribution < 1.29 is 13.2 Å². The maximum Gasteiger partial charge on any atom is 0.451 e. The average molecular weight is 285 g/mol. The predicted octanol–water partition coefficient (Wildman–Crippen LogP) is 3.54. The molecule has 0 saturated heterocycles. The lowest BCUT2D eigenvalue weighted by atomic mass is 10.2. The van der Waals surface area contributed by atoms with Gasteiger partial charge in [-0.15, -0.1) is 0 Å². The number of nitrogen functional groups attached to an aromatic ring is 1. The van der Waals surface area contributed by atoms with Crippen LogP contribution in [-0.4, -0.2) is 9.97 Å². The fourth-order valence-corrected chi connectivity index (χ4v) is 2.37. The number of halogens is 3. The van der Waals surface area contributed by atoms with Crippen LogP contribution in [0.5, 0.6) is 0 Å². The van der Waals surface area contributed by atoms with Crippen molar-refractivity contribution >= 4 is 17.6 Å². The Morgan fingerprint density at radius 3 is 2.53 bits per heavy atom. The first-order valence-corrected chi connectivity index (χ1v) is 6.12. The molecular weight excluding hydrogens is 275 g/mol. The molecule has 100 valence electrons. The summed E-state index contributed by atoms with van der Waals surface area (Å²) in [6.45, 7) is 1.90. The summed E-state index contributed by atoms with van der Waals surface area (Å²) in [5.74, 6) is -1.42. The number of alkyl halides is 3. The van der Waals surface area contributed by atoms with Gasteiger partial charge in [0.2, 0.25) is 5.82 Å². The summed E-state index contributed by atoms with van der Waals surface area (Å²) in [6, 6.07) is 8.70. The summed E-state index contributed by atoms with van der Waals surface area (Å²) in [5, 5.41) is 0.172. The molecule has 2 rings (SSSR count). The van der Waals surface area contributed by atoms with Gasteiger partial charge in [0.1, 0.15) is 10.8 Å². The molecule has 0 bridgehead atoms. The van der Waals surface area contributed by atoms with Crippen LogP contribution in [0, 0.1) is 6.92 Å². The van der Waals surface area contributed by atoms with Gasteiger partial charge >= 0.3 is 6.18 Å². The quantitative estimate of drug-likeness (QED) is 0.857. The number of hydrogen-bond acceptors (Lipinski definition) is 4. The Bertz CT molecular complexity index is 599. The van der Waals surface area contributed by atoms with Crippen LogP contribution in [0.1, 0.15) is 11.4 Å². The lowest BCUT2D eigenvalue weighted by Gasteiger charge is -2.08. The highest BCUT2D eigenvalue weighted by atomic mass is 32.2. The molecule has 0 fully saturated rings. The highest BCUT2D eigenvalue weighted by Gasteiger charge is 2.35. The van der Waals surface area contributed by atoms with Crippen molar-refractivity contribution in [2.45, 2.75) is 23.0 Å². The van der Waals surface area contributed by atoms with E-state index in [1.54, 1.807) is 6.07 Å². The molecule has 3 nitrogen and oxygen atoms in total. The highest BCUT2D eigenvalue weighted by Crippen LogP contribution is 2.31. The zero-order valence-electron chi connectivity index (χ0n) is 9.90. The van der Waals surface area contributed by atoms with E-state index in [0.717, 1.165) is 22.2 Å². The molecule has 0 saturated carbocycles. The molecule has 0 aliphatic rings. The van der Waals surface area contributed by atoms with Crippen molar-refractivity contribution in [2.24, 2.45) is 0 Å². The highest BCUT2D eigenvalue weighted by molar-refractivity contribution is 7.99. The van der Waals surface area contributed by atoms with E-state index < -0.39 is 12.0 Å². The van der Waals surface area contributed by atoms with Crippen molar-refractivity contribution in [3.05, 3.63) is 41.7 Å². The number of anilines is 1. The van der Waals surface area contributed by atoms with E-state index in [9.17, 15) is 13.2 Å². The van der Waals surface area contributed by atoms with Crippen molar-refractivity contribution in [3.8, 4) is 0 Å². The lowest BCUT2D eigenvalue weighted by molar-refractivity contribution is -0.145. The van der Waals surface area contributed by atoms with Gasteiger partial charge in [-0.2, -0.15) is 13.2 Å². The Kier molecular flexibility index (Phi) is 3.66. The van der Waals surface area contributed by atoms with Gasteiger partial charge in [-0.3, -0.25) is 0 Å². The molecule has 0 aliphatic carbocycles. The number of aromatic nitrogens is 2. The third kappa shape index (κ3) is 3.60. The molecule has 7 heteroatoms. The summed E-state index contributed by atoms with van der Waals surface area (Å²) >= 11 is 1.12. The molecule has 1 heterocycles. The number of aryl methyl sites for hydroxylation is 1. The van der Waals surface area contributed by atoms with Gasteiger partial charge in [0.15, 0.2) is 0 Å². The maximum atomic E-state index is 12.6. The third-order valence-electron chi connectivity index (χ3n) is 2.19. The minimum absolute atomic E-state index is 0.172. The molecule has 2 N–H and O–H groups in total. The van der Waals surface area contributed by atoms with Crippen LogP contribution in [-0.2, 0) is 6.18 Å². The smallest absolute Gasteiger partial charge is 0.384 e. The van der Waals surface area contributed by atoms with Crippen LogP contribution in [0.15, 0.2) is 40.3 Å². The Hall–Kier alpha value is -1.76. The lowest BCUT2D eigenvalue weighted by Crippen LogP contribution is -2.12. The summed E-state index contributed by atoms with van der Waals surface area (Å²) in [7, 11) is 0. The van der Waals surface area contributed by atoms with Gasteiger partial charge in [-0.25, -0.2) is 9.97 Å². The zero-order valence-corrected chi connectivity index (χ0v) is 10.7. The fraction of sp³-hybridized carbons (Fsp3) is 0.167. The van der Waals surface area contributed by atoms with Crippen LogP contribution in [0.2, 0.25) is 0 Å². The van der Waals surface area contributed by atoms with Crippen molar-refractivity contribution in [2.75, 3.05) is 5.73 Å². The monoisotopic (exact) mass is 285 g/mol. The Morgan fingerprint density at radius 2 is 1.89 bits per heavy atom. The Balaban J connectivity index is 2.33. The second kappa shape index (κ2) is 5.08. The van der Waals surface area contributed by atoms with E-state index in [4.69, 9.17) is 5.73 Å². The van der Waals surface area contributed by atoms with Crippen molar-refractivity contribution in [1.29, 1.82) is 0 Å². The van der Waals surface area contributed by atoms with E-state index in [-0.39, 0.29) is 10.8 Å². The molecular formula is C12H10F3N3S. The van der Waals surface area contributed by atoms with E-state index in [2.05, 4.69) is 9.97 Å². The van der Waals surface area contributed by atoms with Crippen molar-refractivity contribution in [3.63, 3.8) is 0 Å². The Labute approximate surface area is 112 Å². The van der Waals surface area contributed by atoms with Crippen LogP contribution < -0.4 is 5.73 Å². The topological polar surface area (TPSA) is 51.8 Å². The molecule has 19 heavy (non-hydrogen) atoms. The summed E-state index contributed by atoms with van der Waals surface area (Å²) in [5.41, 5.74) is 6.39. The molecule has 0 atom stereocenters. The van der Waals surface area contributed by atoms with Crippen LogP contribution >= 0.6 is 11.8 Å². The van der Waals surface area contributed by atoms with Gasteiger partial charge in [-0.1, -0.05) is 29.5 Å². The summed E-state index contributed by atoms with van der Waals surface area (Å²) in [6.07, 6.45) is -4.60. The molecule has 0 unspecified atom stereocenters. The molecule has 1 aromatic carbocycles. The van der Waals surface area contributed by atoms with Crippen molar-refractivity contribution in [1.82, 2.24) is 9.97 Å². The average Bonchev–Trinajstić information content (AvgIpc) is 2.26. The standard InChI is InChI=1S/C12H10F3N3S/c1-7-3-2-4-8(5-7)19-10-6-9(16)17-11(18-10)12(13,14)15/h2-6H,1H3,(H2,16,17,18). The summed E-state index contributed by atoms with van der Waals surface area (Å²) < 4.78 is 37.7. The molecule has 0 spiro atoms. The van der Waals surface area contributed by atoms with Crippen LogP contribution in [0.25, 0.3) is 0 Å². The SMILES string of the molecule is Cc1cccc(Sc2cc(N)nc(C(F)(F)F)n2)c1. The minimum Gasteiger partial charge on any atom is -0.384 e. The fourth-order valence-electron chi connectivity index (χ4n) is 1.42. The van der Waals surface area contributed by atoms with Crippen LogP contribution in [0.3, 0.4) is 0 Å². The normalized spacial score (nSPS) is 11.6. The third-order valence-corrected chi connectivity index (χ3v) is 3.10.